The fourth-order valence-electron chi connectivity index (χ4n) is 0.875. The Hall–Kier alpha value is 0.210. The van der Waals surface area contributed by atoms with Crippen LogP contribution in [0.15, 0.2) is 0 Å². The highest BCUT2D eigenvalue weighted by atomic mass is 35.5. The van der Waals surface area contributed by atoms with E-state index in [4.69, 9.17) is 27.9 Å². The summed E-state index contributed by atoms with van der Waals surface area (Å²) in [6.45, 7) is 0. The summed E-state index contributed by atoms with van der Waals surface area (Å²) >= 11 is 11.3. The largest absolute Gasteiger partial charge is 0.350 e. The molecule has 0 aromatic carbocycles. The maximum Gasteiger partial charge on any atom is 0.148 e. The molecule has 58 valence electrons. The Labute approximate surface area is 69.4 Å². The molecule has 1 aliphatic rings. The molecule has 0 amide bonds. The Kier molecular flexibility index (Phi) is 2.96. The van der Waals surface area contributed by atoms with Gasteiger partial charge in [-0.15, -0.1) is 11.6 Å². The molecule has 10 heavy (non-hydrogen) atoms. The fraction of sp³-hybridized carbons (Fsp3) is 0.833. The molecule has 1 heterocycles. The Balaban J connectivity index is 2.40. The molecular formula is C6H8Cl2O2. The summed E-state index contributed by atoms with van der Waals surface area (Å²) in [6, 6.07) is 0. The molecule has 0 aliphatic carbocycles. The minimum absolute atomic E-state index is 0.155. The first-order chi connectivity index (χ1) is 4.74. The van der Waals surface area contributed by atoms with Gasteiger partial charge >= 0.3 is 0 Å². The lowest BCUT2D eigenvalue weighted by molar-refractivity contribution is -0.122. The second-order valence-corrected chi connectivity index (χ2v) is 3.25. The van der Waals surface area contributed by atoms with E-state index >= 15 is 0 Å². The molecule has 0 aromatic rings. The van der Waals surface area contributed by atoms with Crippen molar-refractivity contribution < 1.29 is 9.53 Å². The minimum atomic E-state index is -0.509. The van der Waals surface area contributed by atoms with Gasteiger partial charge in [0, 0.05) is 0 Å². The zero-order valence-corrected chi connectivity index (χ0v) is 6.81. The third-order valence-corrected chi connectivity index (χ3v) is 2.45. The summed E-state index contributed by atoms with van der Waals surface area (Å²) in [5.74, 6) is 0. The molecule has 0 radical (unpaired) electrons. The Bertz CT molecular complexity index is 129. The topological polar surface area (TPSA) is 26.3 Å². The van der Waals surface area contributed by atoms with Gasteiger partial charge in [-0.1, -0.05) is 11.6 Å². The van der Waals surface area contributed by atoms with E-state index in [1.165, 1.54) is 0 Å². The van der Waals surface area contributed by atoms with Crippen LogP contribution in [0.1, 0.15) is 12.8 Å². The van der Waals surface area contributed by atoms with E-state index in [2.05, 4.69) is 0 Å². The smallest absolute Gasteiger partial charge is 0.148 e. The monoisotopic (exact) mass is 182 g/mol. The van der Waals surface area contributed by atoms with Gasteiger partial charge in [-0.2, -0.15) is 0 Å². The van der Waals surface area contributed by atoms with Gasteiger partial charge in [0.2, 0.25) is 0 Å². The molecule has 0 aromatic heterocycles. The molecule has 0 N–H and O–H groups in total. The predicted octanol–water partition coefficient (Wildman–Crippen LogP) is 1.54. The number of alkyl halides is 2. The van der Waals surface area contributed by atoms with Crippen molar-refractivity contribution >= 4 is 29.5 Å². The quantitative estimate of drug-likeness (QED) is 0.455. The lowest BCUT2D eigenvalue weighted by Crippen LogP contribution is -2.32. The van der Waals surface area contributed by atoms with Gasteiger partial charge in [0.15, 0.2) is 0 Å². The summed E-state index contributed by atoms with van der Waals surface area (Å²) in [4.78, 5) is 10.2. The van der Waals surface area contributed by atoms with Crippen molar-refractivity contribution in [2.75, 3.05) is 0 Å². The molecule has 0 bridgehead atoms. The van der Waals surface area contributed by atoms with Gasteiger partial charge in [-0.05, 0) is 12.8 Å². The van der Waals surface area contributed by atoms with Crippen LogP contribution in [-0.2, 0) is 9.53 Å². The van der Waals surface area contributed by atoms with E-state index in [9.17, 15) is 4.79 Å². The van der Waals surface area contributed by atoms with Crippen molar-refractivity contribution in [3.8, 4) is 0 Å². The summed E-state index contributed by atoms with van der Waals surface area (Å²) in [7, 11) is 0. The Morgan fingerprint density at radius 3 is 2.60 bits per heavy atom. The molecule has 1 rings (SSSR count). The average molecular weight is 183 g/mol. The van der Waals surface area contributed by atoms with Crippen LogP contribution in [0.4, 0.5) is 0 Å². The lowest BCUT2D eigenvalue weighted by Gasteiger charge is -2.26. The second kappa shape index (κ2) is 3.56. The maximum atomic E-state index is 10.2. The third kappa shape index (κ3) is 1.84. The van der Waals surface area contributed by atoms with Crippen LogP contribution in [0.2, 0.25) is 0 Å². The van der Waals surface area contributed by atoms with Crippen LogP contribution in [0, 0.1) is 0 Å². The Morgan fingerprint density at radius 2 is 2.10 bits per heavy atom. The normalized spacial score (nSPS) is 41.2. The van der Waals surface area contributed by atoms with Crippen LogP contribution >= 0.6 is 23.2 Å². The number of carbonyl (C=O) groups is 1. The molecule has 4 heteroatoms. The van der Waals surface area contributed by atoms with E-state index in [1.54, 1.807) is 0 Å². The summed E-state index contributed by atoms with van der Waals surface area (Å²) in [5, 5.41) is -0.155. The predicted molar refractivity (Wildman–Crippen MR) is 39.5 cm³/mol. The SMILES string of the molecule is O=CC1CCC(Cl)C(Cl)O1. The Morgan fingerprint density at radius 1 is 1.40 bits per heavy atom. The lowest BCUT2D eigenvalue weighted by atomic mass is 10.1. The first-order valence-corrected chi connectivity index (χ1v) is 4.00. The number of halogens is 2. The van der Waals surface area contributed by atoms with E-state index in [0.29, 0.717) is 6.42 Å². The summed E-state index contributed by atoms with van der Waals surface area (Å²) < 4.78 is 5.01. The molecule has 3 atom stereocenters. The van der Waals surface area contributed by atoms with Crippen molar-refractivity contribution in [3.05, 3.63) is 0 Å². The zero-order valence-electron chi connectivity index (χ0n) is 5.30. The van der Waals surface area contributed by atoms with Gasteiger partial charge in [-0.25, -0.2) is 0 Å². The number of carbonyl (C=O) groups excluding carboxylic acids is 1. The first kappa shape index (κ1) is 8.31. The maximum absolute atomic E-state index is 10.2. The van der Waals surface area contributed by atoms with Crippen molar-refractivity contribution in [1.29, 1.82) is 0 Å². The van der Waals surface area contributed by atoms with Gasteiger partial charge in [0.1, 0.15) is 18.0 Å². The average Bonchev–Trinajstić information content (AvgIpc) is 1.95. The summed E-state index contributed by atoms with van der Waals surface area (Å²) in [5.41, 5.74) is -0.509. The fourth-order valence-corrected chi connectivity index (χ4v) is 1.32. The number of aldehydes is 1. The second-order valence-electron chi connectivity index (χ2n) is 2.26. The molecule has 2 nitrogen and oxygen atoms in total. The van der Waals surface area contributed by atoms with Crippen LogP contribution in [0.5, 0.6) is 0 Å². The van der Waals surface area contributed by atoms with Crippen LogP contribution in [-0.4, -0.2) is 23.3 Å². The molecule has 1 saturated heterocycles. The number of hydrogen-bond donors (Lipinski definition) is 0. The molecule has 3 unspecified atom stereocenters. The van der Waals surface area contributed by atoms with Crippen LogP contribution in [0.3, 0.4) is 0 Å². The van der Waals surface area contributed by atoms with Crippen molar-refractivity contribution in [2.24, 2.45) is 0 Å². The highest BCUT2D eigenvalue weighted by Gasteiger charge is 2.27. The van der Waals surface area contributed by atoms with Crippen molar-refractivity contribution in [3.63, 3.8) is 0 Å². The van der Waals surface area contributed by atoms with Gasteiger partial charge in [-0.3, -0.25) is 0 Å². The van der Waals surface area contributed by atoms with E-state index in [1.807, 2.05) is 0 Å². The highest BCUT2D eigenvalue weighted by Crippen LogP contribution is 2.25. The van der Waals surface area contributed by atoms with E-state index in [0.717, 1.165) is 12.7 Å². The van der Waals surface area contributed by atoms with Gasteiger partial charge < -0.3 is 9.53 Å². The number of ether oxygens (including phenoxy) is 1. The van der Waals surface area contributed by atoms with E-state index < -0.39 is 5.56 Å². The van der Waals surface area contributed by atoms with Crippen LogP contribution in [0.25, 0.3) is 0 Å². The first-order valence-electron chi connectivity index (χ1n) is 3.13. The number of rotatable bonds is 1. The zero-order chi connectivity index (χ0) is 7.56. The van der Waals surface area contributed by atoms with Gasteiger partial charge in [0.05, 0.1) is 5.38 Å². The van der Waals surface area contributed by atoms with Crippen molar-refractivity contribution in [2.45, 2.75) is 29.9 Å². The summed E-state index contributed by atoms with van der Waals surface area (Å²) in [6.07, 6.45) is 1.84. The highest BCUT2D eigenvalue weighted by molar-refractivity contribution is 6.29. The third-order valence-electron chi connectivity index (χ3n) is 1.47. The number of hydrogen-bond acceptors (Lipinski definition) is 2. The molecule has 0 saturated carbocycles. The van der Waals surface area contributed by atoms with E-state index in [-0.39, 0.29) is 11.5 Å². The molecular weight excluding hydrogens is 175 g/mol. The standard InChI is InChI=1S/C6H8Cl2O2/c7-5-2-1-4(3-9)10-6(5)8/h3-6H,1-2H2. The molecule has 0 spiro atoms. The van der Waals surface area contributed by atoms with Gasteiger partial charge in [0.25, 0.3) is 0 Å². The van der Waals surface area contributed by atoms with Crippen molar-refractivity contribution in [1.82, 2.24) is 0 Å². The molecule has 1 fully saturated rings. The molecule has 1 aliphatic heterocycles. The minimum Gasteiger partial charge on any atom is -0.350 e. The van der Waals surface area contributed by atoms with Crippen LogP contribution < -0.4 is 0 Å².